The summed E-state index contributed by atoms with van der Waals surface area (Å²) in [6, 6.07) is 3.49. The molecule has 1 unspecified atom stereocenters. The van der Waals surface area contributed by atoms with Gasteiger partial charge in [-0.3, -0.25) is 0 Å². The Hall–Kier alpha value is -1.82. The Morgan fingerprint density at radius 2 is 2.16 bits per heavy atom. The fraction of sp³-hybridized carbons (Fsp3) is 0.385. The molecular formula is C13H14F2N4. The van der Waals surface area contributed by atoms with E-state index in [1.165, 1.54) is 12.1 Å². The largest absolute Gasteiger partial charge is 0.330 e. The van der Waals surface area contributed by atoms with Crippen LogP contribution in [0.2, 0.25) is 0 Å². The maximum atomic E-state index is 13.8. The molecule has 0 saturated carbocycles. The van der Waals surface area contributed by atoms with Gasteiger partial charge in [-0.15, -0.1) is 10.2 Å². The van der Waals surface area contributed by atoms with Crippen LogP contribution < -0.4 is 5.73 Å². The molecule has 2 heterocycles. The van der Waals surface area contributed by atoms with Crippen molar-refractivity contribution < 1.29 is 8.78 Å². The molecule has 2 N–H and O–H groups in total. The molecule has 0 saturated heterocycles. The second-order valence-corrected chi connectivity index (χ2v) is 4.81. The molecule has 1 aliphatic heterocycles. The van der Waals surface area contributed by atoms with Crippen LogP contribution in [0.4, 0.5) is 8.78 Å². The van der Waals surface area contributed by atoms with Gasteiger partial charge >= 0.3 is 0 Å². The van der Waals surface area contributed by atoms with E-state index in [0.717, 1.165) is 31.3 Å². The zero-order valence-electron chi connectivity index (χ0n) is 10.3. The third-order valence-electron chi connectivity index (χ3n) is 3.56. The van der Waals surface area contributed by atoms with E-state index in [0.29, 0.717) is 18.3 Å². The third-order valence-corrected chi connectivity index (χ3v) is 3.56. The van der Waals surface area contributed by atoms with Crippen molar-refractivity contribution in [3.05, 3.63) is 35.7 Å². The van der Waals surface area contributed by atoms with Crippen LogP contribution in [0.25, 0.3) is 11.4 Å². The Bertz CT molecular complexity index is 609. The summed E-state index contributed by atoms with van der Waals surface area (Å²) in [5, 5.41) is 8.13. The summed E-state index contributed by atoms with van der Waals surface area (Å²) in [6.45, 7) is 1.34. The minimum atomic E-state index is -0.615. The van der Waals surface area contributed by atoms with Crippen LogP contribution in [0.1, 0.15) is 12.2 Å². The van der Waals surface area contributed by atoms with Crippen LogP contribution in [0, 0.1) is 17.6 Å². The molecule has 0 spiro atoms. The molecule has 0 fully saturated rings. The average Bonchev–Trinajstić information content (AvgIpc) is 2.81. The Morgan fingerprint density at radius 1 is 1.32 bits per heavy atom. The molecule has 0 radical (unpaired) electrons. The van der Waals surface area contributed by atoms with Gasteiger partial charge in [-0.2, -0.15) is 0 Å². The molecular weight excluding hydrogens is 250 g/mol. The van der Waals surface area contributed by atoms with Gasteiger partial charge in [0.05, 0.1) is 5.56 Å². The molecule has 19 heavy (non-hydrogen) atoms. The van der Waals surface area contributed by atoms with Crippen molar-refractivity contribution in [2.75, 3.05) is 6.54 Å². The number of halogens is 2. The lowest BCUT2D eigenvalue weighted by Gasteiger charge is -2.22. The number of fused-ring (bicyclic) bond motifs is 1. The molecule has 1 atom stereocenters. The van der Waals surface area contributed by atoms with Gasteiger partial charge in [0.2, 0.25) is 0 Å². The fourth-order valence-corrected chi connectivity index (χ4v) is 2.46. The number of nitrogens with zero attached hydrogens (tertiary/aromatic N) is 3. The number of hydrogen-bond donors (Lipinski definition) is 1. The van der Waals surface area contributed by atoms with Crippen LogP contribution >= 0.6 is 0 Å². The summed E-state index contributed by atoms with van der Waals surface area (Å²) < 4.78 is 28.6. The first kappa shape index (κ1) is 12.2. The first-order valence-electron chi connectivity index (χ1n) is 6.26. The molecule has 0 bridgehead atoms. The maximum Gasteiger partial charge on any atom is 0.166 e. The van der Waals surface area contributed by atoms with Crippen LogP contribution in [0.5, 0.6) is 0 Å². The van der Waals surface area contributed by atoms with Crippen molar-refractivity contribution in [1.82, 2.24) is 14.8 Å². The number of aromatic nitrogens is 3. The standard InChI is InChI=1S/C13H14F2N4/c14-9-1-2-10(11(15)6-9)13-18-17-12-5-8(7-16)3-4-19(12)13/h1-2,6,8H,3-5,7,16H2. The topological polar surface area (TPSA) is 56.7 Å². The number of rotatable bonds is 2. The van der Waals surface area contributed by atoms with E-state index in [2.05, 4.69) is 10.2 Å². The Balaban J connectivity index is 2.01. The van der Waals surface area contributed by atoms with Gasteiger partial charge in [0.1, 0.15) is 17.5 Å². The van der Waals surface area contributed by atoms with Crippen molar-refractivity contribution in [1.29, 1.82) is 0 Å². The second-order valence-electron chi connectivity index (χ2n) is 4.81. The Morgan fingerprint density at radius 3 is 2.89 bits per heavy atom. The number of hydrogen-bond acceptors (Lipinski definition) is 3. The zero-order chi connectivity index (χ0) is 13.4. The monoisotopic (exact) mass is 264 g/mol. The Labute approximate surface area is 109 Å². The molecule has 0 amide bonds. The smallest absolute Gasteiger partial charge is 0.166 e. The van der Waals surface area contributed by atoms with E-state index in [-0.39, 0.29) is 5.56 Å². The lowest BCUT2D eigenvalue weighted by atomic mass is 9.98. The third kappa shape index (κ3) is 2.12. The van der Waals surface area contributed by atoms with E-state index in [9.17, 15) is 8.78 Å². The highest BCUT2D eigenvalue weighted by Crippen LogP contribution is 2.27. The van der Waals surface area contributed by atoms with E-state index >= 15 is 0 Å². The molecule has 4 nitrogen and oxygen atoms in total. The molecule has 1 aliphatic rings. The summed E-state index contributed by atoms with van der Waals surface area (Å²) in [4.78, 5) is 0. The Kier molecular flexibility index (Phi) is 3.02. The van der Waals surface area contributed by atoms with E-state index in [4.69, 9.17) is 5.73 Å². The van der Waals surface area contributed by atoms with Gasteiger partial charge in [0.25, 0.3) is 0 Å². The normalized spacial score (nSPS) is 18.4. The van der Waals surface area contributed by atoms with Crippen LogP contribution in [0.3, 0.4) is 0 Å². The van der Waals surface area contributed by atoms with Crippen molar-refractivity contribution in [3.63, 3.8) is 0 Å². The van der Waals surface area contributed by atoms with Gasteiger partial charge in [0, 0.05) is 19.0 Å². The predicted molar refractivity (Wildman–Crippen MR) is 66.2 cm³/mol. The van der Waals surface area contributed by atoms with Gasteiger partial charge in [0.15, 0.2) is 5.82 Å². The summed E-state index contributed by atoms with van der Waals surface area (Å²) >= 11 is 0. The van der Waals surface area contributed by atoms with Gasteiger partial charge in [-0.1, -0.05) is 0 Å². The second kappa shape index (κ2) is 4.70. The predicted octanol–water partition coefficient (Wildman–Crippen LogP) is 1.74. The van der Waals surface area contributed by atoms with Gasteiger partial charge < -0.3 is 10.3 Å². The molecule has 0 aliphatic carbocycles. The molecule has 2 aromatic rings. The number of nitrogens with two attached hydrogens (primary N) is 1. The van der Waals surface area contributed by atoms with Crippen molar-refractivity contribution in [2.24, 2.45) is 11.7 Å². The minimum Gasteiger partial charge on any atom is -0.330 e. The van der Waals surface area contributed by atoms with Crippen molar-refractivity contribution >= 4 is 0 Å². The lowest BCUT2D eigenvalue weighted by molar-refractivity contribution is 0.391. The summed E-state index contributed by atoms with van der Waals surface area (Å²) in [7, 11) is 0. The quantitative estimate of drug-likeness (QED) is 0.899. The molecule has 3 rings (SSSR count). The fourth-order valence-electron chi connectivity index (χ4n) is 2.46. The van der Waals surface area contributed by atoms with Crippen LogP contribution in [0.15, 0.2) is 18.2 Å². The van der Waals surface area contributed by atoms with E-state index in [1.807, 2.05) is 4.57 Å². The highest BCUT2D eigenvalue weighted by atomic mass is 19.1. The summed E-state index contributed by atoms with van der Waals surface area (Å²) in [6.07, 6.45) is 1.68. The highest BCUT2D eigenvalue weighted by molar-refractivity contribution is 5.56. The van der Waals surface area contributed by atoms with Crippen molar-refractivity contribution in [2.45, 2.75) is 19.4 Å². The average molecular weight is 264 g/mol. The molecule has 100 valence electrons. The van der Waals surface area contributed by atoms with Gasteiger partial charge in [-0.05, 0) is 31.0 Å². The first-order valence-corrected chi connectivity index (χ1v) is 6.26. The number of benzene rings is 1. The van der Waals surface area contributed by atoms with E-state index < -0.39 is 11.6 Å². The zero-order valence-corrected chi connectivity index (χ0v) is 10.3. The van der Waals surface area contributed by atoms with Crippen LogP contribution in [-0.4, -0.2) is 21.3 Å². The van der Waals surface area contributed by atoms with Crippen molar-refractivity contribution in [3.8, 4) is 11.4 Å². The highest BCUT2D eigenvalue weighted by Gasteiger charge is 2.23. The first-order chi connectivity index (χ1) is 9.19. The van der Waals surface area contributed by atoms with E-state index in [1.54, 1.807) is 0 Å². The minimum absolute atomic E-state index is 0.284. The molecule has 1 aromatic carbocycles. The SMILES string of the molecule is NCC1CCn2c(nnc2-c2ccc(F)cc2F)C1. The molecule has 1 aromatic heterocycles. The maximum absolute atomic E-state index is 13.8. The lowest BCUT2D eigenvalue weighted by Crippen LogP contribution is -2.25. The summed E-state index contributed by atoms with van der Waals surface area (Å²) in [5.41, 5.74) is 5.94. The molecule has 6 heteroatoms. The van der Waals surface area contributed by atoms with Crippen LogP contribution in [-0.2, 0) is 13.0 Å². The summed E-state index contributed by atoms with van der Waals surface area (Å²) in [5.74, 6) is 0.477. The van der Waals surface area contributed by atoms with Gasteiger partial charge in [-0.25, -0.2) is 8.78 Å².